The second-order valence-corrected chi connectivity index (χ2v) is 5.07. The lowest BCUT2D eigenvalue weighted by atomic mass is 10.1. The Hall–Kier alpha value is -2.63. The SMILES string of the molecule is CC(C)c1cc(C(=O)Nc2ccc(C(=O)O)cc2)nn1C. The fraction of sp³-hybridized carbons (Fsp3) is 0.267. The fourth-order valence-electron chi connectivity index (χ4n) is 2.02. The molecule has 0 aliphatic heterocycles. The molecule has 110 valence electrons. The van der Waals surface area contributed by atoms with E-state index >= 15 is 0 Å². The smallest absolute Gasteiger partial charge is 0.335 e. The van der Waals surface area contributed by atoms with E-state index in [9.17, 15) is 9.59 Å². The molecular formula is C15H17N3O3. The van der Waals surface area contributed by atoms with Gasteiger partial charge in [-0.3, -0.25) is 9.48 Å². The van der Waals surface area contributed by atoms with Gasteiger partial charge in [0, 0.05) is 18.4 Å². The van der Waals surface area contributed by atoms with Gasteiger partial charge in [-0.1, -0.05) is 13.8 Å². The molecule has 6 nitrogen and oxygen atoms in total. The standard InChI is InChI=1S/C15H17N3O3/c1-9(2)13-8-12(17-18(13)3)14(19)16-11-6-4-10(5-7-11)15(20)21/h4-9H,1-3H3,(H,16,19)(H,20,21). The van der Waals surface area contributed by atoms with E-state index in [0.717, 1.165) is 5.69 Å². The maximum absolute atomic E-state index is 12.1. The number of nitrogens with zero attached hydrogens (tertiary/aromatic N) is 2. The van der Waals surface area contributed by atoms with Crippen molar-refractivity contribution in [1.82, 2.24) is 9.78 Å². The summed E-state index contributed by atoms with van der Waals surface area (Å²) in [6.07, 6.45) is 0. The number of carbonyl (C=O) groups is 2. The molecule has 0 bridgehead atoms. The summed E-state index contributed by atoms with van der Waals surface area (Å²) in [5.74, 6) is -1.04. The van der Waals surface area contributed by atoms with Crippen molar-refractivity contribution in [2.75, 3.05) is 5.32 Å². The number of benzene rings is 1. The van der Waals surface area contributed by atoms with Crippen LogP contribution in [-0.4, -0.2) is 26.8 Å². The van der Waals surface area contributed by atoms with Crippen LogP contribution in [0, 0.1) is 0 Å². The second kappa shape index (κ2) is 5.78. The summed E-state index contributed by atoms with van der Waals surface area (Å²) >= 11 is 0. The number of carboxylic acid groups (broad SMARTS) is 1. The van der Waals surface area contributed by atoms with Gasteiger partial charge in [-0.05, 0) is 36.2 Å². The number of anilines is 1. The van der Waals surface area contributed by atoms with Crippen LogP contribution >= 0.6 is 0 Å². The highest BCUT2D eigenvalue weighted by atomic mass is 16.4. The number of nitrogens with one attached hydrogen (secondary N) is 1. The summed E-state index contributed by atoms with van der Waals surface area (Å²) in [5.41, 5.74) is 2.01. The van der Waals surface area contributed by atoms with E-state index in [4.69, 9.17) is 5.11 Å². The number of hydrogen-bond donors (Lipinski definition) is 2. The Morgan fingerprint density at radius 1 is 1.24 bits per heavy atom. The molecular weight excluding hydrogens is 270 g/mol. The molecule has 21 heavy (non-hydrogen) atoms. The molecule has 2 aromatic rings. The number of aromatic carboxylic acids is 1. The summed E-state index contributed by atoms with van der Waals surface area (Å²) in [4.78, 5) is 22.9. The van der Waals surface area contributed by atoms with Gasteiger partial charge in [-0.2, -0.15) is 5.10 Å². The monoisotopic (exact) mass is 287 g/mol. The van der Waals surface area contributed by atoms with Crippen LogP contribution in [0.15, 0.2) is 30.3 Å². The van der Waals surface area contributed by atoms with E-state index in [2.05, 4.69) is 10.4 Å². The first kappa shape index (κ1) is 14.8. The lowest BCUT2D eigenvalue weighted by Crippen LogP contribution is -2.13. The van der Waals surface area contributed by atoms with E-state index in [1.165, 1.54) is 12.1 Å². The predicted octanol–water partition coefficient (Wildman–Crippen LogP) is 2.49. The third-order valence-electron chi connectivity index (χ3n) is 3.13. The normalized spacial score (nSPS) is 10.7. The van der Waals surface area contributed by atoms with Crippen LogP contribution in [0.5, 0.6) is 0 Å². The Morgan fingerprint density at radius 3 is 2.33 bits per heavy atom. The molecule has 0 aliphatic rings. The van der Waals surface area contributed by atoms with Crippen molar-refractivity contribution in [3.63, 3.8) is 0 Å². The van der Waals surface area contributed by atoms with Gasteiger partial charge in [0.2, 0.25) is 0 Å². The molecule has 6 heteroatoms. The molecule has 2 rings (SSSR count). The Bertz CT molecular complexity index is 672. The summed E-state index contributed by atoms with van der Waals surface area (Å²) in [7, 11) is 1.80. The highest BCUT2D eigenvalue weighted by Crippen LogP contribution is 2.16. The van der Waals surface area contributed by atoms with Gasteiger partial charge in [0.15, 0.2) is 5.69 Å². The van der Waals surface area contributed by atoms with Crippen LogP contribution in [0.1, 0.15) is 46.3 Å². The number of rotatable bonds is 4. The van der Waals surface area contributed by atoms with Crippen molar-refractivity contribution >= 4 is 17.6 Å². The molecule has 0 aliphatic carbocycles. The van der Waals surface area contributed by atoms with Crippen LogP contribution in [0.4, 0.5) is 5.69 Å². The van der Waals surface area contributed by atoms with Crippen molar-refractivity contribution in [1.29, 1.82) is 0 Å². The minimum atomic E-state index is -1.00. The van der Waals surface area contributed by atoms with Gasteiger partial charge in [-0.25, -0.2) is 4.79 Å². The topological polar surface area (TPSA) is 84.2 Å². The average molecular weight is 287 g/mol. The lowest BCUT2D eigenvalue weighted by Gasteiger charge is -2.03. The van der Waals surface area contributed by atoms with E-state index in [-0.39, 0.29) is 17.4 Å². The number of carbonyl (C=O) groups excluding carboxylic acids is 1. The second-order valence-electron chi connectivity index (χ2n) is 5.07. The summed E-state index contributed by atoms with van der Waals surface area (Å²) in [6.45, 7) is 4.06. The van der Waals surface area contributed by atoms with Crippen LogP contribution in [0.25, 0.3) is 0 Å². The van der Waals surface area contributed by atoms with Gasteiger partial charge < -0.3 is 10.4 Å². The average Bonchev–Trinajstić information content (AvgIpc) is 2.81. The molecule has 0 atom stereocenters. The summed E-state index contributed by atoms with van der Waals surface area (Å²) in [5, 5.41) is 15.7. The molecule has 0 saturated heterocycles. The molecule has 1 aromatic carbocycles. The van der Waals surface area contributed by atoms with Crippen LogP contribution < -0.4 is 5.32 Å². The third kappa shape index (κ3) is 3.28. The summed E-state index contributed by atoms with van der Waals surface area (Å²) in [6, 6.07) is 7.73. The zero-order valence-corrected chi connectivity index (χ0v) is 12.1. The number of hydrogen-bond acceptors (Lipinski definition) is 3. The first-order valence-corrected chi connectivity index (χ1v) is 6.57. The van der Waals surface area contributed by atoms with Crippen molar-refractivity contribution in [3.8, 4) is 0 Å². The van der Waals surface area contributed by atoms with Gasteiger partial charge in [0.1, 0.15) is 0 Å². The fourth-order valence-corrected chi connectivity index (χ4v) is 2.02. The highest BCUT2D eigenvalue weighted by molar-refractivity contribution is 6.03. The molecule has 0 radical (unpaired) electrons. The number of amides is 1. The predicted molar refractivity (Wildman–Crippen MR) is 78.7 cm³/mol. The largest absolute Gasteiger partial charge is 0.478 e. The van der Waals surface area contributed by atoms with Gasteiger partial charge in [0.25, 0.3) is 5.91 Å². The van der Waals surface area contributed by atoms with E-state index < -0.39 is 5.97 Å². The van der Waals surface area contributed by atoms with E-state index in [1.54, 1.807) is 29.9 Å². The van der Waals surface area contributed by atoms with Crippen molar-refractivity contribution < 1.29 is 14.7 Å². The lowest BCUT2D eigenvalue weighted by molar-refractivity contribution is 0.0696. The van der Waals surface area contributed by atoms with Gasteiger partial charge >= 0.3 is 5.97 Å². The first-order valence-electron chi connectivity index (χ1n) is 6.57. The molecule has 1 amide bonds. The Labute approximate surface area is 122 Å². The molecule has 0 saturated carbocycles. The van der Waals surface area contributed by atoms with Crippen molar-refractivity contribution in [2.24, 2.45) is 7.05 Å². The quantitative estimate of drug-likeness (QED) is 0.904. The minimum absolute atomic E-state index is 0.174. The molecule has 0 unspecified atom stereocenters. The highest BCUT2D eigenvalue weighted by Gasteiger charge is 2.15. The van der Waals surface area contributed by atoms with Crippen LogP contribution in [0.2, 0.25) is 0 Å². The Morgan fingerprint density at radius 2 is 1.86 bits per heavy atom. The zero-order valence-electron chi connectivity index (χ0n) is 12.1. The molecule has 0 fully saturated rings. The minimum Gasteiger partial charge on any atom is -0.478 e. The van der Waals surface area contributed by atoms with Crippen LogP contribution in [-0.2, 0) is 7.05 Å². The zero-order chi connectivity index (χ0) is 15.6. The molecule has 1 aromatic heterocycles. The van der Waals surface area contributed by atoms with Crippen molar-refractivity contribution in [2.45, 2.75) is 19.8 Å². The Balaban J connectivity index is 2.14. The first-order chi connectivity index (χ1) is 9.88. The Kier molecular flexibility index (Phi) is 4.07. The van der Waals surface area contributed by atoms with Gasteiger partial charge in [0.05, 0.1) is 5.56 Å². The number of aryl methyl sites for hydroxylation is 1. The molecule has 1 heterocycles. The third-order valence-corrected chi connectivity index (χ3v) is 3.13. The van der Waals surface area contributed by atoms with Gasteiger partial charge in [-0.15, -0.1) is 0 Å². The number of aromatic nitrogens is 2. The van der Waals surface area contributed by atoms with E-state index in [0.29, 0.717) is 11.4 Å². The molecule has 0 spiro atoms. The molecule has 2 N–H and O–H groups in total. The van der Waals surface area contributed by atoms with E-state index in [1.807, 2.05) is 13.8 Å². The van der Waals surface area contributed by atoms with Crippen molar-refractivity contribution in [3.05, 3.63) is 47.3 Å². The number of carboxylic acids is 1. The van der Waals surface area contributed by atoms with Crippen LogP contribution in [0.3, 0.4) is 0 Å². The maximum Gasteiger partial charge on any atom is 0.335 e. The maximum atomic E-state index is 12.1. The summed E-state index contributed by atoms with van der Waals surface area (Å²) < 4.78 is 1.69.